The number of hydrogen-bond acceptors (Lipinski definition) is 3. The third-order valence-corrected chi connectivity index (χ3v) is 3.74. The molecule has 102 valence electrons. The van der Waals surface area contributed by atoms with Crippen LogP contribution >= 0.6 is 0 Å². The van der Waals surface area contributed by atoms with Crippen molar-refractivity contribution in [3.8, 4) is 12.3 Å². The molecule has 1 atom stereocenters. The lowest BCUT2D eigenvalue weighted by Crippen LogP contribution is -2.45. The van der Waals surface area contributed by atoms with E-state index in [9.17, 15) is 0 Å². The summed E-state index contributed by atoms with van der Waals surface area (Å²) in [6, 6.07) is 4.96. The summed E-state index contributed by atoms with van der Waals surface area (Å²) < 4.78 is 0. The Kier molecular flexibility index (Phi) is 5.23. The van der Waals surface area contributed by atoms with Gasteiger partial charge in [0.1, 0.15) is 0 Å². The van der Waals surface area contributed by atoms with Gasteiger partial charge in [-0.3, -0.25) is 4.98 Å². The van der Waals surface area contributed by atoms with Crippen molar-refractivity contribution in [1.82, 2.24) is 10.3 Å². The van der Waals surface area contributed by atoms with Crippen LogP contribution in [0.1, 0.15) is 32.6 Å². The van der Waals surface area contributed by atoms with E-state index in [-0.39, 0.29) is 6.04 Å². The zero-order valence-electron chi connectivity index (χ0n) is 11.7. The molecular formula is C16H23N3. The molecule has 19 heavy (non-hydrogen) atoms. The van der Waals surface area contributed by atoms with Crippen molar-refractivity contribution in [2.75, 3.05) is 18.0 Å². The van der Waals surface area contributed by atoms with E-state index in [1.54, 1.807) is 0 Å². The van der Waals surface area contributed by atoms with Crippen molar-refractivity contribution in [3.05, 3.63) is 24.5 Å². The van der Waals surface area contributed by atoms with E-state index >= 15 is 0 Å². The molecule has 0 amide bonds. The van der Waals surface area contributed by atoms with E-state index in [0.29, 0.717) is 6.04 Å². The van der Waals surface area contributed by atoms with Crippen molar-refractivity contribution in [2.45, 2.75) is 44.7 Å². The standard InChI is InChI=1S/C16H23N3/c1-3-5-14(4-2)18-15-8-12-19(13-9-15)16-6-10-17-11-7-16/h2,6-7,10-11,14-15,18H,3,5,8-9,12-13H2,1H3. The zero-order chi connectivity index (χ0) is 13.5. The number of hydrogen-bond donors (Lipinski definition) is 1. The van der Waals surface area contributed by atoms with Gasteiger partial charge < -0.3 is 10.2 Å². The highest BCUT2D eigenvalue weighted by Gasteiger charge is 2.20. The van der Waals surface area contributed by atoms with Crippen LogP contribution in [0.3, 0.4) is 0 Å². The van der Waals surface area contributed by atoms with Crippen LogP contribution in [0.25, 0.3) is 0 Å². The summed E-state index contributed by atoms with van der Waals surface area (Å²) in [5, 5.41) is 3.60. The Balaban J connectivity index is 1.81. The minimum Gasteiger partial charge on any atom is -0.371 e. The smallest absolute Gasteiger partial charge is 0.0688 e. The summed E-state index contributed by atoms with van der Waals surface area (Å²) in [5.41, 5.74) is 1.27. The minimum atomic E-state index is 0.238. The lowest BCUT2D eigenvalue weighted by molar-refractivity contribution is 0.386. The largest absolute Gasteiger partial charge is 0.371 e. The van der Waals surface area contributed by atoms with E-state index in [2.05, 4.69) is 40.2 Å². The van der Waals surface area contributed by atoms with Gasteiger partial charge in [-0.1, -0.05) is 19.3 Å². The van der Waals surface area contributed by atoms with E-state index in [1.165, 1.54) is 5.69 Å². The number of nitrogens with one attached hydrogen (secondary N) is 1. The Labute approximate surface area is 116 Å². The van der Waals surface area contributed by atoms with Gasteiger partial charge in [0.05, 0.1) is 6.04 Å². The molecule has 0 radical (unpaired) electrons. The number of rotatable bonds is 5. The first-order valence-corrected chi connectivity index (χ1v) is 7.20. The molecule has 0 bridgehead atoms. The third-order valence-electron chi connectivity index (χ3n) is 3.74. The average molecular weight is 257 g/mol. The number of nitrogens with zero attached hydrogens (tertiary/aromatic N) is 2. The Morgan fingerprint density at radius 2 is 2.11 bits per heavy atom. The molecule has 0 spiro atoms. The maximum absolute atomic E-state index is 5.56. The number of piperidine rings is 1. The van der Waals surface area contributed by atoms with Gasteiger partial charge in [0.2, 0.25) is 0 Å². The van der Waals surface area contributed by atoms with Crippen molar-refractivity contribution < 1.29 is 0 Å². The Bertz CT molecular complexity index is 402. The maximum Gasteiger partial charge on any atom is 0.0688 e. The van der Waals surface area contributed by atoms with E-state index in [1.807, 2.05) is 12.4 Å². The van der Waals surface area contributed by atoms with Crippen LogP contribution < -0.4 is 10.2 Å². The molecule has 2 heterocycles. The molecule has 0 aliphatic carbocycles. The highest BCUT2D eigenvalue weighted by atomic mass is 15.1. The molecule has 2 rings (SSSR count). The maximum atomic E-state index is 5.56. The summed E-state index contributed by atoms with van der Waals surface area (Å²) in [5.74, 6) is 2.86. The molecule has 3 heteroatoms. The van der Waals surface area contributed by atoms with Gasteiger partial charge in [-0.15, -0.1) is 6.42 Å². The number of anilines is 1. The normalized spacial score (nSPS) is 18.0. The lowest BCUT2D eigenvalue weighted by atomic mass is 10.0. The Morgan fingerprint density at radius 3 is 2.68 bits per heavy atom. The molecule has 3 nitrogen and oxygen atoms in total. The average Bonchev–Trinajstić information content (AvgIpc) is 2.48. The first kappa shape index (κ1) is 13.9. The fourth-order valence-corrected chi connectivity index (χ4v) is 2.65. The second-order valence-electron chi connectivity index (χ2n) is 5.14. The number of terminal acetylenes is 1. The summed E-state index contributed by atoms with van der Waals surface area (Å²) >= 11 is 0. The number of pyridine rings is 1. The molecule has 1 aromatic rings. The second kappa shape index (κ2) is 7.16. The lowest BCUT2D eigenvalue weighted by Gasteiger charge is -2.35. The predicted octanol–water partition coefficient (Wildman–Crippen LogP) is 2.44. The zero-order valence-corrected chi connectivity index (χ0v) is 11.7. The minimum absolute atomic E-state index is 0.238. The molecule has 1 saturated heterocycles. The molecule has 1 aliphatic heterocycles. The molecule has 1 fully saturated rings. The fraction of sp³-hybridized carbons (Fsp3) is 0.562. The predicted molar refractivity (Wildman–Crippen MR) is 80.1 cm³/mol. The second-order valence-corrected chi connectivity index (χ2v) is 5.14. The highest BCUT2D eigenvalue weighted by Crippen LogP contribution is 2.19. The van der Waals surface area contributed by atoms with Gasteiger partial charge in [-0.25, -0.2) is 0 Å². The molecular weight excluding hydrogens is 234 g/mol. The van der Waals surface area contributed by atoms with Gasteiger partial charge in [0.25, 0.3) is 0 Å². The first-order chi connectivity index (χ1) is 9.33. The van der Waals surface area contributed by atoms with Gasteiger partial charge in [-0.05, 0) is 31.4 Å². The summed E-state index contributed by atoms with van der Waals surface area (Å²) in [7, 11) is 0. The van der Waals surface area contributed by atoms with Gasteiger partial charge in [0.15, 0.2) is 0 Å². The Morgan fingerprint density at radius 1 is 1.42 bits per heavy atom. The Hall–Kier alpha value is -1.53. The third kappa shape index (κ3) is 3.97. The monoisotopic (exact) mass is 257 g/mol. The van der Waals surface area contributed by atoms with E-state index < -0.39 is 0 Å². The van der Waals surface area contributed by atoms with Crippen LogP contribution in [-0.4, -0.2) is 30.2 Å². The van der Waals surface area contributed by atoms with Crippen LogP contribution in [-0.2, 0) is 0 Å². The van der Waals surface area contributed by atoms with Crippen LogP contribution in [0.2, 0.25) is 0 Å². The van der Waals surface area contributed by atoms with Crippen molar-refractivity contribution in [2.24, 2.45) is 0 Å². The van der Waals surface area contributed by atoms with Crippen LogP contribution in [0.4, 0.5) is 5.69 Å². The quantitative estimate of drug-likeness (QED) is 0.821. The molecule has 1 aliphatic rings. The van der Waals surface area contributed by atoms with Crippen LogP contribution in [0.5, 0.6) is 0 Å². The van der Waals surface area contributed by atoms with Gasteiger partial charge in [-0.2, -0.15) is 0 Å². The van der Waals surface area contributed by atoms with Gasteiger partial charge >= 0.3 is 0 Å². The SMILES string of the molecule is C#CC(CCC)NC1CCN(c2ccncc2)CC1. The summed E-state index contributed by atoms with van der Waals surface area (Å²) in [6.07, 6.45) is 13.8. The van der Waals surface area contributed by atoms with E-state index in [0.717, 1.165) is 38.8 Å². The van der Waals surface area contributed by atoms with Crippen LogP contribution in [0.15, 0.2) is 24.5 Å². The number of aromatic nitrogens is 1. The highest BCUT2D eigenvalue weighted by molar-refractivity contribution is 5.44. The van der Waals surface area contributed by atoms with Crippen molar-refractivity contribution in [1.29, 1.82) is 0 Å². The van der Waals surface area contributed by atoms with Gasteiger partial charge in [0, 0.05) is 37.2 Å². The fourth-order valence-electron chi connectivity index (χ4n) is 2.65. The molecule has 0 aromatic carbocycles. The molecule has 1 aromatic heterocycles. The van der Waals surface area contributed by atoms with Crippen molar-refractivity contribution in [3.63, 3.8) is 0 Å². The summed E-state index contributed by atoms with van der Waals surface area (Å²) in [6.45, 7) is 4.36. The molecule has 1 unspecified atom stereocenters. The first-order valence-electron chi connectivity index (χ1n) is 7.20. The molecule has 1 N–H and O–H groups in total. The summed E-state index contributed by atoms with van der Waals surface area (Å²) in [4.78, 5) is 6.49. The topological polar surface area (TPSA) is 28.2 Å². The van der Waals surface area contributed by atoms with Crippen molar-refractivity contribution >= 4 is 5.69 Å². The molecule has 0 saturated carbocycles. The van der Waals surface area contributed by atoms with Crippen LogP contribution in [0, 0.1) is 12.3 Å². The van der Waals surface area contributed by atoms with E-state index in [4.69, 9.17) is 6.42 Å².